The third-order valence-corrected chi connectivity index (χ3v) is 4.85. The summed E-state index contributed by atoms with van der Waals surface area (Å²) < 4.78 is 5.31. The molecule has 2 amide bonds. The maximum atomic E-state index is 12.4. The molecule has 2 unspecified atom stereocenters. The molecule has 0 bridgehead atoms. The summed E-state index contributed by atoms with van der Waals surface area (Å²) in [5, 5.41) is 6.83. The fraction of sp³-hybridized carbons (Fsp3) is 0.529. The number of amides is 2. The number of ether oxygens (including phenoxy) is 1. The minimum Gasteiger partial charge on any atom is -0.495 e. The summed E-state index contributed by atoms with van der Waals surface area (Å²) in [6.07, 6.45) is 2.43. The summed E-state index contributed by atoms with van der Waals surface area (Å²) in [6.45, 7) is 1.97. The number of hydrogen-bond acceptors (Lipinski definition) is 4. The zero-order valence-corrected chi connectivity index (χ0v) is 15.7. The molecule has 2 atom stereocenters. The Kier molecular flexibility index (Phi) is 6.93. The Bertz CT molecular complexity index is 636. The molecule has 2 aliphatic rings. The Morgan fingerprint density at radius 2 is 2.28 bits per heavy atom. The van der Waals surface area contributed by atoms with E-state index in [0.717, 1.165) is 19.4 Å². The molecular formula is C17H23Cl2N3O3. The van der Waals surface area contributed by atoms with Gasteiger partial charge < -0.3 is 20.3 Å². The number of nitrogens with one attached hydrogen (secondary N) is 2. The molecule has 6 nitrogen and oxygen atoms in total. The van der Waals surface area contributed by atoms with E-state index in [-0.39, 0.29) is 36.6 Å². The molecule has 0 saturated carbocycles. The highest BCUT2D eigenvalue weighted by Gasteiger charge is 2.36. The Balaban J connectivity index is 0.00000225. The minimum absolute atomic E-state index is 0. The summed E-state index contributed by atoms with van der Waals surface area (Å²) in [7, 11) is 1.55. The summed E-state index contributed by atoms with van der Waals surface area (Å²) >= 11 is 6.04. The van der Waals surface area contributed by atoms with E-state index in [9.17, 15) is 9.59 Å². The third-order valence-electron chi connectivity index (χ3n) is 4.61. The van der Waals surface area contributed by atoms with Crippen molar-refractivity contribution in [2.75, 3.05) is 31.6 Å². The standard InChI is InChI=1S/C17H22ClN3O3.ClH/c1-24-15-5-4-12(18)8-14(15)21-10-11(7-16(21)22)17(23)20-9-13-3-2-6-19-13;/h4-5,8,11,13,19H,2-3,6-7,9-10H2,1H3,(H,20,23);1H. The van der Waals surface area contributed by atoms with E-state index >= 15 is 0 Å². The normalized spacial score (nSPS) is 22.6. The minimum atomic E-state index is -0.345. The molecule has 1 aromatic rings. The maximum Gasteiger partial charge on any atom is 0.227 e. The molecule has 2 fully saturated rings. The monoisotopic (exact) mass is 387 g/mol. The van der Waals surface area contributed by atoms with Gasteiger partial charge in [-0.3, -0.25) is 9.59 Å². The largest absolute Gasteiger partial charge is 0.495 e. The maximum absolute atomic E-state index is 12.4. The van der Waals surface area contributed by atoms with Crippen LogP contribution < -0.4 is 20.3 Å². The lowest BCUT2D eigenvalue weighted by atomic mass is 10.1. The van der Waals surface area contributed by atoms with Crippen LogP contribution in [0.4, 0.5) is 5.69 Å². The molecule has 0 radical (unpaired) electrons. The van der Waals surface area contributed by atoms with Crippen LogP contribution in [0.25, 0.3) is 0 Å². The van der Waals surface area contributed by atoms with E-state index in [1.54, 1.807) is 30.2 Å². The van der Waals surface area contributed by atoms with Crippen molar-refractivity contribution in [3.8, 4) is 5.75 Å². The van der Waals surface area contributed by atoms with Gasteiger partial charge in [-0.25, -0.2) is 0 Å². The number of carbonyl (C=O) groups excluding carboxylic acids is 2. The van der Waals surface area contributed by atoms with E-state index in [0.29, 0.717) is 35.6 Å². The smallest absolute Gasteiger partial charge is 0.227 e. The molecule has 3 rings (SSSR count). The van der Waals surface area contributed by atoms with Crippen LogP contribution in [0.1, 0.15) is 19.3 Å². The number of halogens is 2. The van der Waals surface area contributed by atoms with Crippen molar-refractivity contribution < 1.29 is 14.3 Å². The van der Waals surface area contributed by atoms with Gasteiger partial charge in [0.2, 0.25) is 11.8 Å². The fourth-order valence-electron chi connectivity index (χ4n) is 3.29. The lowest BCUT2D eigenvalue weighted by Gasteiger charge is -2.20. The van der Waals surface area contributed by atoms with Crippen molar-refractivity contribution >= 4 is 41.5 Å². The molecule has 2 heterocycles. The average Bonchev–Trinajstić information content (AvgIpc) is 3.22. The fourth-order valence-corrected chi connectivity index (χ4v) is 3.46. The Morgan fingerprint density at radius 1 is 1.48 bits per heavy atom. The van der Waals surface area contributed by atoms with Gasteiger partial charge in [-0.1, -0.05) is 11.6 Å². The Hall–Kier alpha value is -1.50. The highest BCUT2D eigenvalue weighted by atomic mass is 35.5. The highest BCUT2D eigenvalue weighted by molar-refractivity contribution is 6.31. The van der Waals surface area contributed by atoms with Crippen molar-refractivity contribution in [3.05, 3.63) is 23.2 Å². The molecule has 0 aliphatic carbocycles. The van der Waals surface area contributed by atoms with E-state index < -0.39 is 0 Å². The molecular weight excluding hydrogens is 365 g/mol. The van der Waals surface area contributed by atoms with E-state index in [1.807, 2.05) is 0 Å². The molecule has 1 aromatic carbocycles. The van der Waals surface area contributed by atoms with Gasteiger partial charge in [0, 0.05) is 30.6 Å². The number of carbonyl (C=O) groups is 2. The second-order valence-corrected chi connectivity index (χ2v) is 6.70. The van der Waals surface area contributed by atoms with Gasteiger partial charge in [0.05, 0.1) is 18.7 Å². The predicted molar refractivity (Wildman–Crippen MR) is 99.7 cm³/mol. The third kappa shape index (κ3) is 4.57. The first-order valence-electron chi connectivity index (χ1n) is 8.23. The van der Waals surface area contributed by atoms with Crippen LogP contribution in [0, 0.1) is 5.92 Å². The van der Waals surface area contributed by atoms with Crippen LogP contribution in [-0.4, -0.2) is 44.6 Å². The second kappa shape index (κ2) is 8.74. The summed E-state index contributed by atoms with van der Waals surface area (Å²) in [4.78, 5) is 26.3. The zero-order chi connectivity index (χ0) is 17.1. The number of methoxy groups -OCH3 is 1. The van der Waals surface area contributed by atoms with Gasteiger partial charge in [0.25, 0.3) is 0 Å². The second-order valence-electron chi connectivity index (χ2n) is 6.26. The number of nitrogens with zero attached hydrogens (tertiary/aromatic N) is 1. The van der Waals surface area contributed by atoms with Crippen LogP contribution in [0.15, 0.2) is 18.2 Å². The van der Waals surface area contributed by atoms with Crippen molar-refractivity contribution in [3.63, 3.8) is 0 Å². The molecule has 8 heteroatoms. The van der Waals surface area contributed by atoms with Crippen molar-refractivity contribution in [2.45, 2.75) is 25.3 Å². The van der Waals surface area contributed by atoms with Crippen LogP contribution in [-0.2, 0) is 9.59 Å². The average molecular weight is 388 g/mol. The molecule has 0 aromatic heterocycles. The first-order valence-corrected chi connectivity index (χ1v) is 8.61. The van der Waals surface area contributed by atoms with Crippen LogP contribution >= 0.6 is 24.0 Å². The topological polar surface area (TPSA) is 70.7 Å². The Labute approximate surface area is 158 Å². The van der Waals surface area contributed by atoms with Crippen LogP contribution in [0.2, 0.25) is 5.02 Å². The lowest BCUT2D eigenvalue weighted by Crippen LogP contribution is -2.40. The molecule has 0 spiro atoms. The molecule has 25 heavy (non-hydrogen) atoms. The van der Waals surface area contributed by atoms with Gasteiger partial charge in [0.15, 0.2) is 0 Å². The van der Waals surface area contributed by atoms with Crippen LogP contribution in [0.5, 0.6) is 5.75 Å². The Morgan fingerprint density at radius 3 is 2.96 bits per heavy atom. The molecule has 2 saturated heterocycles. The van der Waals surface area contributed by atoms with E-state index in [1.165, 1.54) is 0 Å². The number of hydrogen-bond donors (Lipinski definition) is 2. The highest BCUT2D eigenvalue weighted by Crippen LogP contribution is 2.35. The van der Waals surface area contributed by atoms with Crippen molar-refractivity contribution in [1.29, 1.82) is 0 Å². The van der Waals surface area contributed by atoms with Crippen LogP contribution in [0.3, 0.4) is 0 Å². The van der Waals surface area contributed by atoms with Gasteiger partial charge in [-0.2, -0.15) is 0 Å². The zero-order valence-electron chi connectivity index (χ0n) is 14.1. The van der Waals surface area contributed by atoms with Gasteiger partial charge in [0.1, 0.15) is 5.75 Å². The SMILES string of the molecule is COc1ccc(Cl)cc1N1CC(C(=O)NCC2CCCN2)CC1=O.Cl. The van der Waals surface area contributed by atoms with E-state index in [2.05, 4.69) is 10.6 Å². The number of rotatable bonds is 5. The van der Waals surface area contributed by atoms with E-state index in [4.69, 9.17) is 16.3 Å². The molecule has 2 N–H and O–H groups in total. The summed E-state index contributed by atoms with van der Waals surface area (Å²) in [5.41, 5.74) is 0.614. The van der Waals surface area contributed by atoms with Gasteiger partial charge in [-0.05, 0) is 37.6 Å². The quantitative estimate of drug-likeness (QED) is 0.810. The van der Waals surface area contributed by atoms with Crippen molar-refractivity contribution in [1.82, 2.24) is 10.6 Å². The number of anilines is 1. The molecule has 2 aliphatic heterocycles. The first kappa shape index (κ1) is 19.8. The molecule has 138 valence electrons. The van der Waals surface area contributed by atoms with Crippen molar-refractivity contribution in [2.24, 2.45) is 5.92 Å². The lowest BCUT2D eigenvalue weighted by molar-refractivity contribution is -0.126. The summed E-state index contributed by atoms with van der Waals surface area (Å²) in [5.74, 6) is 0.0711. The first-order chi connectivity index (χ1) is 11.6. The number of benzene rings is 1. The van der Waals surface area contributed by atoms with Gasteiger partial charge in [-0.15, -0.1) is 12.4 Å². The predicted octanol–water partition coefficient (Wildman–Crippen LogP) is 1.99. The van der Waals surface area contributed by atoms with Gasteiger partial charge >= 0.3 is 0 Å². The summed E-state index contributed by atoms with van der Waals surface area (Å²) in [6, 6.07) is 5.48.